The molecule has 0 radical (unpaired) electrons. The fourth-order valence-electron chi connectivity index (χ4n) is 1.09. The molecule has 1 fully saturated rings. The minimum absolute atomic E-state index is 0.0850. The van der Waals surface area contributed by atoms with Gasteiger partial charge in [-0.1, -0.05) is 11.3 Å². The van der Waals surface area contributed by atoms with Crippen molar-refractivity contribution in [3.63, 3.8) is 0 Å². The van der Waals surface area contributed by atoms with Crippen LogP contribution in [0.4, 0.5) is 5.13 Å². The molecule has 14 heavy (non-hydrogen) atoms. The second kappa shape index (κ2) is 3.85. The first kappa shape index (κ1) is 9.29. The highest BCUT2D eigenvalue weighted by Gasteiger charge is 2.16. The molecule has 0 saturated carbocycles. The number of hydrogen-bond donors (Lipinski definition) is 2. The van der Waals surface area contributed by atoms with Crippen molar-refractivity contribution in [3.05, 3.63) is 16.7 Å². The van der Waals surface area contributed by atoms with Crippen LogP contribution in [-0.4, -0.2) is 29.2 Å². The molecule has 1 saturated heterocycles. The molecule has 2 heterocycles. The van der Waals surface area contributed by atoms with E-state index in [0.29, 0.717) is 5.13 Å². The number of anilines is 1. The number of nitrogens with zero attached hydrogens (tertiary/aromatic N) is 2. The van der Waals surface area contributed by atoms with E-state index in [0.717, 1.165) is 24.2 Å². The van der Waals surface area contributed by atoms with Gasteiger partial charge in [-0.05, 0) is 12.5 Å². The Hall–Kier alpha value is -1.27. The summed E-state index contributed by atoms with van der Waals surface area (Å²) in [4.78, 5) is 11.6. The largest absolute Gasteiger partial charge is 0.309 e. The Morgan fingerprint density at radius 1 is 1.64 bits per heavy atom. The molecule has 74 valence electrons. The summed E-state index contributed by atoms with van der Waals surface area (Å²) < 4.78 is 0. The zero-order valence-corrected chi connectivity index (χ0v) is 8.52. The molecule has 1 amide bonds. The molecule has 0 aromatic carbocycles. The van der Waals surface area contributed by atoms with Gasteiger partial charge in [0.2, 0.25) is 5.13 Å². The maximum absolute atomic E-state index is 11.6. The van der Waals surface area contributed by atoms with Gasteiger partial charge in [0.25, 0.3) is 5.91 Å². The molecule has 2 rings (SSSR count). The second-order valence-corrected chi connectivity index (χ2v) is 3.86. The van der Waals surface area contributed by atoms with E-state index < -0.39 is 0 Å². The second-order valence-electron chi connectivity index (χ2n) is 3.03. The van der Waals surface area contributed by atoms with E-state index in [-0.39, 0.29) is 5.91 Å². The lowest BCUT2D eigenvalue weighted by Gasteiger charge is -2.21. The maximum Gasteiger partial charge on any atom is 0.253 e. The summed E-state index contributed by atoms with van der Waals surface area (Å²) in [5.74, 6) is -0.0850. The Labute approximate surface area is 85.2 Å². The molecule has 0 atom stereocenters. The SMILES string of the molecule is CC(C(=O)Nc1nncs1)=C1CNC1. The summed E-state index contributed by atoms with van der Waals surface area (Å²) in [7, 11) is 0. The van der Waals surface area contributed by atoms with E-state index in [1.54, 1.807) is 5.51 Å². The third-order valence-corrected chi connectivity index (χ3v) is 2.73. The number of rotatable bonds is 2. The van der Waals surface area contributed by atoms with Gasteiger partial charge in [0.05, 0.1) is 0 Å². The van der Waals surface area contributed by atoms with Gasteiger partial charge in [-0.3, -0.25) is 10.1 Å². The van der Waals surface area contributed by atoms with Gasteiger partial charge >= 0.3 is 0 Å². The van der Waals surface area contributed by atoms with Crippen LogP contribution in [0.3, 0.4) is 0 Å². The summed E-state index contributed by atoms with van der Waals surface area (Å²) >= 11 is 1.31. The highest BCUT2D eigenvalue weighted by molar-refractivity contribution is 7.13. The lowest BCUT2D eigenvalue weighted by atomic mass is 10.0. The number of amides is 1. The lowest BCUT2D eigenvalue weighted by Crippen LogP contribution is -2.36. The van der Waals surface area contributed by atoms with Crippen LogP contribution < -0.4 is 10.6 Å². The molecular formula is C8H10N4OS. The fraction of sp³-hybridized carbons (Fsp3) is 0.375. The van der Waals surface area contributed by atoms with Crippen LogP contribution in [0, 0.1) is 0 Å². The van der Waals surface area contributed by atoms with E-state index in [1.807, 2.05) is 6.92 Å². The summed E-state index contributed by atoms with van der Waals surface area (Å²) in [6.45, 7) is 3.46. The van der Waals surface area contributed by atoms with Crippen molar-refractivity contribution in [1.29, 1.82) is 0 Å². The van der Waals surface area contributed by atoms with Crippen molar-refractivity contribution in [3.8, 4) is 0 Å². The molecule has 0 unspecified atom stereocenters. The van der Waals surface area contributed by atoms with Gasteiger partial charge in [-0.15, -0.1) is 10.2 Å². The van der Waals surface area contributed by atoms with Gasteiger partial charge in [-0.25, -0.2) is 0 Å². The van der Waals surface area contributed by atoms with Crippen LogP contribution in [0.15, 0.2) is 16.7 Å². The minimum Gasteiger partial charge on any atom is -0.309 e. The molecule has 1 aliphatic rings. The van der Waals surface area contributed by atoms with Gasteiger partial charge in [0, 0.05) is 18.7 Å². The molecular weight excluding hydrogens is 200 g/mol. The van der Waals surface area contributed by atoms with Gasteiger partial charge < -0.3 is 5.32 Å². The van der Waals surface area contributed by atoms with Crippen LogP contribution in [0.2, 0.25) is 0 Å². The Bertz CT molecular complexity index is 365. The predicted octanol–water partition coefficient (Wildman–Crippen LogP) is 0.396. The van der Waals surface area contributed by atoms with Crippen LogP contribution in [0.5, 0.6) is 0 Å². The quantitative estimate of drug-likeness (QED) is 0.693. The van der Waals surface area contributed by atoms with E-state index in [1.165, 1.54) is 11.3 Å². The van der Waals surface area contributed by atoms with Crippen LogP contribution in [-0.2, 0) is 4.79 Å². The molecule has 5 nitrogen and oxygen atoms in total. The Kier molecular flexibility index (Phi) is 2.55. The van der Waals surface area contributed by atoms with Crippen molar-refractivity contribution >= 4 is 22.4 Å². The molecule has 0 bridgehead atoms. The van der Waals surface area contributed by atoms with Crippen molar-refractivity contribution < 1.29 is 4.79 Å². The summed E-state index contributed by atoms with van der Waals surface area (Å²) in [5.41, 5.74) is 3.52. The molecule has 1 aromatic rings. The van der Waals surface area contributed by atoms with Crippen molar-refractivity contribution in [2.45, 2.75) is 6.92 Å². The zero-order valence-electron chi connectivity index (χ0n) is 7.70. The standard InChI is InChI=1S/C8H10N4OS/c1-5(6-2-9-3-6)7(13)11-8-12-10-4-14-8/h4,9H,2-3H2,1H3,(H,11,12,13). The van der Waals surface area contributed by atoms with Gasteiger partial charge in [0.1, 0.15) is 5.51 Å². The number of hydrogen-bond acceptors (Lipinski definition) is 5. The average Bonchev–Trinajstić information content (AvgIpc) is 2.53. The van der Waals surface area contributed by atoms with Crippen molar-refractivity contribution in [1.82, 2.24) is 15.5 Å². The Morgan fingerprint density at radius 2 is 2.43 bits per heavy atom. The highest BCUT2D eigenvalue weighted by atomic mass is 32.1. The number of aromatic nitrogens is 2. The predicted molar refractivity (Wildman–Crippen MR) is 54.1 cm³/mol. The topological polar surface area (TPSA) is 66.9 Å². The number of carbonyl (C=O) groups is 1. The number of nitrogens with one attached hydrogen (secondary N) is 2. The van der Waals surface area contributed by atoms with Gasteiger partial charge in [0.15, 0.2) is 0 Å². The van der Waals surface area contributed by atoms with Crippen LogP contribution >= 0.6 is 11.3 Å². The van der Waals surface area contributed by atoms with E-state index in [9.17, 15) is 4.79 Å². The van der Waals surface area contributed by atoms with E-state index in [4.69, 9.17) is 0 Å². The molecule has 0 spiro atoms. The fourth-order valence-corrected chi connectivity index (χ4v) is 1.53. The molecule has 2 N–H and O–H groups in total. The van der Waals surface area contributed by atoms with Crippen molar-refractivity contribution in [2.75, 3.05) is 18.4 Å². The smallest absolute Gasteiger partial charge is 0.253 e. The average molecular weight is 210 g/mol. The lowest BCUT2D eigenvalue weighted by molar-refractivity contribution is -0.112. The highest BCUT2D eigenvalue weighted by Crippen LogP contribution is 2.13. The minimum atomic E-state index is -0.0850. The zero-order chi connectivity index (χ0) is 9.97. The monoisotopic (exact) mass is 210 g/mol. The Morgan fingerprint density at radius 3 is 2.93 bits per heavy atom. The molecule has 1 aromatic heterocycles. The first-order chi connectivity index (χ1) is 6.77. The third-order valence-electron chi connectivity index (χ3n) is 2.13. The van der Waals surface area contributed by atoms with Gasteiger partial charge in [-0.2, -0.15) is 0 Å². The molecule has 1 aliphatic heterocycles. The maximum atomic E-state index is 11.6. The first-order valence-electron chi connectivity index (χ1n) is 4.24. The molecule has 6 heteroatoms. The normalized spacial score (nSPS) is 14.8. The Balaban J connectivity index is 2.02. The summed E-state index contributed by atoms with van der Waals surface area (Å²) in [5, 5.41) is 13.7. The third kappa shape index (κ3) is 1.80. The van der Waals surface area contributed by atoms with Crippen molar-refractivity contribution in [2.24, 2.45) is 0 Å². The summed E-state index contributed by atoms with van der Waals surface area (Å²) in [6, 6.07) is 0. The molecule has 0 aliphatic carbocycles. The van der Waals surface area contributed by atoms with Crippen LogP contribution in [0.1, 0.15) is 6.92 Å². The summed E-state index contributed by atoms with van der Waals surface area (Å²) in [6.07, 6.45) is 0. The van der Waals surface area contributed by atoms with E-state index in [2.05, 4.69) is 20.8 Å². The van der Waals surface area contributed by atoms with E-state index >= 15 is 0 Å². The first-order valence-corrected chi connectivity index (χ1v) is 5.12. The van der Waals surface area contributed by atoms with Crippen LogP contribution in [0.25, 0.3) is 0 Å². The number of carbonyl (C=O) groups excluding carboxylic acids is 1.